The van der Waals surface area contributed by atoms with Crippen molar-refractivity contribution in [2.24, 2.45) is 0 Å². The number of nitrogens with one attached hydrogen (secondary N) is 2. The van der Waals surface area contributed by atoms with Crippen molar-refractivity contribution in [3.63, 3.8) is 0 Å². The van der Waals surface area contributed by atoms with Crippen LogP contribution in [0.1, 0.15) is 44.2 Å². The van der Waals surface area contributed by atoms with Crippen molar-refractivity contribution in [2.75, 3.05) is 13.7 Å². The van der Waals surface area contributed by atoms with E-state index < -0.39 is 0 Å². The van der Waals surface area contributed by atoms with Gasteiger partial charge in [0.15, 0.2) is 17.3 Å². The number of carbonyl (C=O) groups excluding carboxylic acids is 1. The fraction of sp³-hybridized carbons (Fsp3) is 0.421. The first-order valence-electron chi connectivity index (χ1n) is 9.39. The first-order valence-corrected chi connectivity index (χ1v) is 9.39. The number of hydrogen-bond acceptors (Lipinski definition) is 8. The number of aromatic nitrogens is 5. The monoisotopic (exact) mass is 400 g/mol. The molecular formula is C19H24N6O4. The number of aromatic amines is 1. The molecule has 1 aromatic carbocycles. The number of nitrogens with zero attached hydrogens (tertiary/aromatic N) is 4. The lowest BCUT2D eigenvalue weighted by molar-refractivity contribution is -0.121. The van der Waals surface area contributed by atoms with Crippen molar-refractivity contribution in [1.82, 2.24) is 30.6 Å². The number of rotatable bonds is 10. The standard InChI is InChI=1S/C19H24N6O4/c1-4-9-28-14-6-5-13(10-15(14)27-3)12(2)22-16(26)7-8-17-23-19(25-29-17)18-20-11-21-24-18/h5-6,10-12H,4,7-9H2,1-3H3,(H,22,26)(H,20,21,24). The summed E-state index contributed by atoms with van der Waals surface area (Å²) in [5.74, 6) is 2.29. The number of ether oxygens (including phenoxy) is 2. The van der Waals surface area contributed by atoms with Crippen LogP contribution in [0.15, 0.2) is 29.0 Å². The molecule has 29 heavy (non-hydrogen) atoms. The predicted molar refractivity (Wildman–Crippen MR) is 103 cm³/mol. The van der Waals surface area contributed by atoms with Gasteiger partial charge in [0.1, 0.15) is 6.33 Å². The first-order chi connectivity index (χ1) is 14.1. The maximum atomic E-state index is 12.3. The summed E-state index contributed by atoms with van der Waals surface area (Å²) in [5.41, 5.74) is 0.921. The number of benzene rings is 1. The summed E-state index contributed by atoms with van der Waals surface area (Å²) in [6.07, 6.45) is 2.82. The fourth-order valence-corrected chi connectivity index (χ4v) is 2.67. The third-order valence-electron chi connectivity index (χ3n) is 4.19. The maximum absolute atomic E-state index is 12.3. The van der Waals surface area contributed by atoms with E-state index in [1.165, 1.54) is 6.33 Å². The highest BCUT2D eigenvalue weighted by Gasteiger charge is 2.15. The first kappa shape index (κ1) is 20.3. The average molecular weight is 400 g/mol. The largest absolute Gasteiger partial charge is 0.493 e. The van der Waals surface area contributed by atoms with Gasteiger partial charge in [0.2, 0.25) is 17.6 Å². The predicted octanol–water partition coefficient (Wildman–Crippen LogP) is 2.46. The molecule has 1 amide bonds. The van der Waals surface area contributed by atoms with Crippen LogP contribution in [0.2, 0.25) is 0 Å². The molecule has 0 fully saturated rings. The van der Waals surface area contributed by atoms with Gasteiger partial charge in [-0.2, -0.15) is 10.1 Å². The van der Waals surface area contributed by atoms with Gasteiger partial charge in [-0.15, -0.1) is 0 Å². The molecule has 0 radical (unpaired) electrons. The Morgan fingerprint density at radius 1 is 1.34 bits per heavy atom. The zero-order valence-electron chi connectivity index (χ0n) is 16.6. The highest BCUT2D eigenvalue weighted by molar-refractivity contribution is 5.76. The van der Waals surface area contributed by atoms with E-state index >= 15 is 0 Å². The van der Waals surface area contributed by atoms with Gasteiger partial charge >= 0.3 is 0 Å². The van der Waals surface area contributed by atoms with Crippen molar-refractivity contribution in [2.45, 2.75) is 39.2 Å². The van der Waals surface area contributed by atoms with Crippen LogP contribution in [0.3, 0.4) is 0 Å². The molecule has 154 valence electrons. The van der Waals surface area contributed by atoms with Crippen LogP contribution >= 0.6 is 0 Å². The van der Waals surface area contributed by atoms with Crippen LogP contribution < -0.4 is 14.8 Å². The highest BCUT2D eigenvalue weighted by Crippen LogP contribution is 2.30. The summed E-state index contributed by atoms with van der Waals surface area (Å²) in [7, 11) is 1.60. The van der Waals surface area contributed by atoms with Crippen molar-refractivity contribution in [3.05, 3.63) is 36.0 Å². The van der Waals surface area contributed by atoms with Crippen LogP contribution in [0.5, 0.6) is 11.5 Å². The number of H-pyrrole nitrogens is 1. The second-order valence-electron chi connectivity index (χ2n) is 6.39. The van der Waals surface area contributed by atoms with E-state index in [0.717, 1.165) is 12.0 Å². The lowest BCUT2D eigenvalue weighted by Gasteiger charge is -2.17. The highest BCUT2D eigenvalue weighted by atomic mass is 16.5. The minimum absolute atomic E-state index is 0.123. The van der Waals surface area contributed by atoms with Crippen LogP contribution in [-0.4, -0.2) is 44.9 Å². The molecule has 10 heteroatoms. The Balaban J connectivity index is 1.53. The van der Waals surface area contributed by atoms with Crippen molar-refractivity contribution in [3.8, 4) is 23.1 Å². The molecule has 2 N–H and O–H groups in total. The Kier molecular flexibility index (Phi) is 6.77. The summed E-state index contributed by atoms with van der Waals surface area (Å²) in [6, 6.07) is 5.46. The Bertz CT molecular complexity index is 925. The summed E-state index contributed by atoms with van der Waals surface area (Å²) < 4.78 is 16.2. The zero-order chi connectivity index (χ0) is 20.6. The second-order valence-corrected chi connectivity index (χ2v) is 6.39. The number of carbonyl (C=O) groups is 1. The molecule has 0 aliphatic carbocycles. The molecule has 1 atom stereocenters. The molecule has 3 rings (SSSR count). The molecular weight excluding hydrogens is 376 g/mol. The number of amides is 1. The van der Waals surface area contributed by atoms with E-state index in [1.807, 2.05) is 32.0 Å². The SMILES string of the molecule is CCCOc1ccc(C(C)NC(=O)CCc2nc(-c3ncn[nH]3)no2)cc1OC. The lowest BCUT2D eigenvalue weighted by Crippen LogP contribution is -2.26. The number of aryl methyl sites for hydroxylation is 1. The quantitative estimate of drug-likeness (QED) is 0.531. The minimum Gasteiger partial charge on any atom is -0.493 e. The minimum atomic E-state index is -0.191. The Morgan fingerprint density at radius 3 is 2.93 bits per heavy atom. The molecule has 0 bridgehead atoms. The van der Waals surface area contributed by atoms with Gasteiger partial charge in [-0.05, 0) is 31.0 Å². The third-order valence-corrected chi connectivity index (χ3v) is 4.19. The molecule has 0 aliphatic heterocycles. The maximum Gasteiger partial charge on any atom is 0.239 e. The molecule has 2 aromatic heterocycles. The van der Waals surface area contributed by atoms with Gasteiger partial charge in [0.05, 0.1) is 19.8 Å². The summed E-state index contributed by atoms with van der Waals surface area (Å²) in [6.45, 7) is 4.57. The summed E-state index contributed by atoms with van der Waals surface area (Å²) in [4.78, 5) is 20.5. The van der Waals surface area contributed by atoms with E-state index in [0.29, 0.717) is 42.1 Å². The topological polar surface area (TPSA) is 128 Å². The Labute approximate surface area is 168 Å². The van der Waals surface area contributed by atoms with Gasteiger partial charge in [0, 0.05) is 12.8 Å². The van der Waals surface area contributed by atoms with Gasteiger partial charge in [-0.25, -0.2) is 4.98 Å². The number of hydrogen-bond donors (Lipinski definition) is 2. The average Bonchev–Trinajstić information content (AvgIpc) is 3.42. The second kappa shape index (κ2) is 9.67. The number of methoxy groups -OCH3 is 1. The Morgan fingerprint density at radius 2 is 2.21 bits per heavy atom. The smallest absolute Gasteiger partial charge is 0.239 e. The molecule has 2 heterocycles. The van der Waals surface area contributed by atoms with E-state index in [1.54, 1.807) is 7.11 Å². The van der Waals surface area contributed by atoms with Gasteiger partial charge in [0.25, 0.3) is 0 Å². The normalized spacial score (nSPS) is 11.8. The molecule has 0 aliphatic rings. The molecule has 3 aromatic rings. The van der Waals surface area contributed by atoms with Gasteiger partial charge < -0.3 is 19.3 Å². The molecule has 0 saturated carbocycles. The summed E-state index contributed by atoms with van der Waals surface area (Å²) >= 11 is 0. The zero-order valence-corrected chi connectivity index (χ0v) is 16.6. The van der Waals surface area contributed by atoms with Crippen LogP contribution in [-0.2, 0) is 11.2 Å². The summed E-state index contributed by atoms with van der Waals surface area (Å²) in [5, 5.41) is 13.2. The third kappa shape index (κ3) is 5.31. The molecule has 1 unspecified atom stereocenters. The van der Waals surface area contributed by atoms with Crippen molar-refractivity contribution < 1.29 is 18.8 Å². The van der Waals surface area contributed by atoms with Gasteiger partial charge in [-0.3, -0.25) is 9.89 Å². The van der Waals surface area contributed by atoms with E-state index in [9.17, 15) is 4.79 Å². The fourth-order valence-electron chi connectivity index (χ4n) is 2.67. The van der Waals surface area contributed by atoms with Crippen LogP contribution in [0, 0.1) is 0 Å². The lowest BCUT2D eigenvalue weighted by atomic mass is 10.1. The molecule has 0 saturated heterocycles. The van der Waals surface area contributed by atoms with E-state index in [2.05, 4.69) is 30.6 Å². The van der Waals surface area contributed by atoms with Crippen molar-refractivity contribution >= 4 is 5.91 Å². The van der Waals surface area contributed by atoms with E-state index in [-0.39, 0.29) is 18.4 Å². The molecule has 10 nitrogen and oxygen atoms in total. The molecule has 0 spiro atoms. The van der Waals surface area contributed by atoms with Crippen LogP contribution in [0.25, 0.3) is 11.6 Å². The van der Waals surface area contributed by atoms with Crippen LogP contribution in [0.4, 0.5) is 0 Å². The van der Waals surface area contributed by atoms with Gasteiger partial charge in [-0.1, -0.05) is 18.1 Å². The van der Waals surface area contributed by atoms with E-state index in [4.69, 9.17) is 14.0 Å². The Hall–Kier alpha value is -3.43. The van der Waals surface area contributed by atoms with Crippen molar-refractivity contribution in [1.29, 1.82) is 0 Å².